The molecule has 6 heteroatoms. The first-order valence-electron chi connectivity index (χ1n) is 8.41. The molecule has 0 aliphatic heterocycles. The number of aromatic nitrogens is 1. The normalized spacial score (nSPS) is 20.7. The number of hydrogen-bond acceptors (Lipinski definition) is 3. The first-order chi connectivity index (χ1) is 12.1. The summed E-state index contributed by atoms with van der Waals surface area (Å²) in [4.78, 5) is 24.7. The van der Waals surface area contributed by atoms with E-state index in [1.807, 2.05) is 55.7 Å². The predicted molar refractivity (Wildman–Crippen MR) is 102 cm³/mol. The van der Waals surface area contributed by atoms with E-state index in [-0.39, 0.29) is 12.4 Å². The number of ether oxygens (including phenoxy) is 1. The molecule has 1 atom stereocenters. The number of alkyl halides is 2. The van der Waals surface area contributed by atoms with E-state index >= 15 is 0 Å². The average molecular weight is 394 g/mol. The molecular weight excluding hydrogens is 373 g/mol. The Kier molecular flexibility index (Phi) is 4.70. The number of ketones is 1. The Hall–Kier alpha value is -1.78. The Balaban J connectivity index is 1.76. The Morgan fingerprint density at radius 2 is 1.73 bits per heavy atom. The number of Topliss-reactive ketones (excluding diaryl/α,β-unsaturated/α-hetero) is 1. The van der Waals surface area contributed by atoms with Gasteiger partial charge in [-0.3, -0.25) is 9.59 Å². The smallest absolute Gasteiger partial charge is 0.315 e. The van der Waals surface area contributed by atoms with Crippen LogP contribution in [0.15, 0.2) is 30.3 Å². The summed E-state index contributed by atoms with van der Waals surface area (Å²) in [7, 11) is 0. The summed E-state index contributed by atoms with van der Waals surface area (Å²) < 4.78 is 6.09. The van der Waals surface area contributed by atoms with Gasteiger partial charge in [0.05, 0.1) is 0 Å². The van der Waals surface area contributed by atoms with Crippen LogP contribution in [0.3, 0.4) is 0 Å². The third kappa shape index (κ3) is 3.17. The van der Waals surface area contributed by atoms with Gasteiger partial charge in [0.2, 0.25) is 5.78 Å². The maximum Gasteiger partial charge on any atom is 0.315 e. The minimum absolute atomic E-state index is 0.246. The number of rotatable bonds is 5. The second-order valence-corrected chi connectivity index (χ2v) is 8.65. The molecule has 1 fully saturated rings. The van der Waals surface area contributed by atoms with Crippen LogP contribution in [0.2, 0.25) is 0 Å². The second kappa shape index (κ2) is 6.43. The van der Waals surface area contributed by atoms with Crippen LogP contribution in [-0.4, -0.2) is 27.3 Å². The van der Waals surface area contributed by atoms with Crippen molar-refractivity contribution in [3.05, 3.63) is 52.8 Å². The average Bonchev–Trinajstić information content (AvgIpc) is 2.95. The molecule has 1 heterocycles. The molecule has 26 heavy (non-hydrogen) atoms. The topological polar surface area (TPSA) is 48.3 Å². The fourth-order valence-corrected chi connectivity index (χ4v) is 3.81. The first-order valence-corrected chi connectivity index (χ1v) is 9.17. The zero-order valence-corrected chi connectivity index (χ0v) is 16.7. The summed E-state index contributed by atoms with van der Waals surface area (Å²) in [5.74, 6) is -0.785. The number of halogens is 2. The monoisotopic (exact) mass is 393 g/mol. The van der Waals surface area contributed by atoms with E-state index in [0.29, 0.717) is 12.0 Å². The highest BCUT2D eigenvalue weighted by molar-refractivity contribution is 6.53. The molecule has 0 spiro atoms. The lowest BCUT2D eigenvalue weighted by Gasteiger charge is -2.12. The van der Waals surface area contributed by atoms with Crippen molar-refractivity contribution in [1.82, 2.24) is 4.57 Å². The number of hydrogen-bond donors (Lipinski definition) is 0. The molecule has 1 saturated carbocycles. The Labute approximate surface area is 163 Å². The van der Waals surface area contributed by atoms with Crippen molar-refractivity contribution in [2.45, 2.75) is 38.4 Å². The van der Waals surface area contributed by atoms with Gasteiger partial charge in [-0.1, -0.05) is 17.7 Å². The molecule has 1 aromatic heterocycles. The highest BCUT2D eigenvalue weighted by Crippen LogP contribution is 2.64. The van der Waals surface area contributed by atoms with Crippen LogP contribution < -0.4 is 0 Å². The van der Waals surface area contributed by atoms with Gasteiger partial charge in [-0.2, -0.15) is 0 Å². The molecule has 0 amide bonds. The van der Waals surface area contributed by atoms with Gasteiger partial charge < -0.3 is 9.30 Å². The van der Waals surface area contributed by atoms with Crippen LogP contribution in [0.25, 0.3) is 5.69 Å². The van der Waals surface area contributed by atoms with E-state index in [1.54, 1.807) is 6.92 Å². The molecule has 4 nitrogen and oxygen atoms in total. The SMILES string of the molecule is Cc1ccc(-n2c(C)cc(C(=O)COC(=O)C3(C)CC3(Cl)Cl)c2C)cc1. The van der Waals surface area contributed by atoms with Crippen LogP contribution in [-0.2, 0) is 9.53 Å². The minimum Gasteiger partial charge on any atom is -0.457 e. The Bertz CT molecular complexity index is 883. The largest absolute Gasteiger partial charge is 0.457 e. The number of carbonyl (C=O) groups excluding carboxylic acids is 2. The molecule has 138 valence electrons. The first kappa shape index (κ1) is 19.0. The van der Waals surface area contributed by atoms with Crippen LogP contribution in [0, 0.1) is 26.2 Å². The lowest BCUT2D eigenvalue weighted by molar-refractivity contribution is -0.148. The summed E-state index contributed by atoms with van der Waals surface area (Å²) in [5.41, 5.74) is 3.52. The second-order valence-electron chi connectivity index (χ2n) is 7.17. The minimum atomic E-state index is -1.10. The van der Waals surface area contributed by atoms with Crippen LogP contribution >= 0.6 is 23.2 Å². The zero-order chi connectivity index (χ0) is 19.3. The Morgan fingerprint density at radius 3 is 2.27 bits per heavy atom. The molecule has 3 rings (SSSR count). The number of esters is 1. The van der Waals surface area contributed by atoms with Gasteiger partial charge in [0.25, 0.3) is 0 Å². The predicted octanol–water partition coefficient (Wildman–Crippen LogP) is 4.71. The van der Waals surface area contributed by atoms with Gasteiger partial charge in [-0.15, -0.1) is 23.2 Å². The molecule has 0 radical (unpaired) electrons. The van der Waals surface area contributed by atoms with Crippen molar-refractivity contribution < 1.29 is 14.3 Å². The molecular formula is C20H21Cl2NO3. The van der Waals surface area contributed by atoms with E-state index in [2.05, 4.69) is 0 Å². The van der Waals surface area contributed by atoms with Gasteiger partial charge >= 0.3 is 5.97 Å². The molecule has 0 N–H and O–H groups in total. The highest BCUT2D eigenvalue weighted by atomic mass is 35.5. The third-order valence-corrected chi connectivity index (χ3v) is 6.17. The number of nitrogens with zero attached hydrogens (tertiary/aromatic N) is 1. The van der Waals surface area contributed by atoms with Crippen LogP contribution in [0.1, 0.15) is 40.7 Å². The quantitative estimate of drug-likeness (QED) is 0.419. The van der Waals surface area contributed by atoms with E-state index in [1.165, 1.54) is 5.56 Å². The third-order valence-electron chi connectivity index (χ3n) is 5.07. The number of carbonyl (C=O) groups is 2. The molecule has 1 aliphatic rings. The van der Waals surface area contributed by atoms with E-state index in [4.69, 9.17) is 27.9 Å². The van der Waals surface area contributed by atoms with Crippen LogP contribution in [0.5, 0.6) is 0 Å². The lowest BCUT2D eigenvalue weighted by atomic mass is 10.1. The fraction of sp³-hybridized carbons (Fsp3) is 0.400. The Morgan fingerprint density at radius 1 is 1.15 bits per heavy atom. The van der Waals surface area contributed by atoms with Gasteiger partial charge in [0, 0.05) is 29.1 Å². The zero-order valence-electron chi connectivity index (χ0n) is 15.2. The van der Waals surface area contributed by atoms with Crippen molar-refractivity contribution in [3.8, 4) is 5.69 Å². The van der Waals surface area contributed by atoms with Crippen molar-refractivity contribution in [3.63, 3.8) is 0 Å². The molecule has 0 saturated heterocycles. The summed E-state index contributed by atoms with van der Waals surface area (Å²) >= 11 is 12.0. The van der Waals surface area contributed by atoms with E-state index < -0.39 is 15.7 Å². The molecule has 1 aromatic carbocycles. The number of benzene rings is 1. The van der Waals surface area contributed by atoms with Crippen molar-refractivity contribution in [1.29, 1.82) is 0 Å². The standard InChI is InChI=1S/C20H21Cl2NO3/c1-12-5-7-15(8-6-12)23-13(2)9-16(14(23)3)17(24)10-26-18(25)19(4)11-20(19,21)22/h5-9H,10-11H2,1-4H3. The van der Waals surface area contributed by atoms with Crippen molar-refractivity contribution >= 4 is 35.0 Å². The van der Waals surface area contributed by atoms with Crippen molar-refractivity contribution in [2.24, 2.45) is 5.41 Å². The van der Waals surface area contributed by atoms with Crippen LogP contribution in [0.4, 0.5) is 0 Å². The lowest BCUT2D eigenvalue weighted by Crippen LogP contribution is -2.24. The fourth-order valence-electron chi connectivity index (χ4n) is 3.13. The maximum atomic E-state index is 12.6. The number of aryl methyl sites for hydroxylation is 2. The van der Waals surface area contributed by atoms with E-state index in [9.17, 15) is 9.59 Å². The van der Waals surface area contributed by atoms with Gasteiger partial charge in [-0.25, -0.2) is 0 Å². The summed E-state index contributed by atoms with van der Waals surface area (Å²) in [5, 5.41) is 0. The van der Waals surface area contributed by atoms with Gasteiger partial charge in [-0.05, 0) is 45.9 Å². The summed E-state index contributed by atoms with van der Waals surface area (Å²) in [6.07, 6.45) is 0.331. The van der Waals surface area contributed by atoms with Gasteiger partial charge in [0.1, 0.15) is 9.75 Å². The molecule has 2 aromatic rings. The van der Waals surface area contributed by atoms with Crippen molar-refractivity contribution in [2.75, 3.05) is 6.61 Å². The molecule has 1 unspecified atom stereocenters. The van der Waals surface area contributed by atoms with Gasteiger partial charge in [0.15, 0.2) is 6.61 Å². The van der Waals surface area contributed by atoms with E-state index in [0.717, 1.165) is 17.1 Å². The highest BCUT2D eigenvalue weighted by Gasteiger charge is 2.69. The molecule has 1 aliphatic carbocycles. The summed E-state index contributed by atoms with van der Waals surface area (Å²) in [6.45, 7) is 7.17. The summed E-state index contributed by atoms with van der Waals surface area (Å²) in [6, 6.07) is 9.89. The maximum absolute atomic E-state index is 12.6. The molecule has 0 bridgehead atoms.